The van der Waals surface area contributed by atoms with E-state index < -0.39 is 8.80 Å². The molecule has 20 heavy (non-hydrogen) atoms. The van der Waals surface area contributed by atoms with Gasteiger partial charge < -0.3 is 13.3 Å². The van der Waals surface area contributed by atoms with Crippen LogP contribution in [0.4, 0.5) is 0 Å². The summed E-state index contributed by atoms with van der Waals surface area (Å²) < 4.78 is 18.1. The van der Waals surface area contributed by atoms with Crippen molar-refractivity contribution in [3.63, 3.8) is 0 Å². The summed E-state index contributed by atoms with van der Waals surface area (Å²) in [6, 6.07) is 0. The summed E-state index contributed by atoms with van der Waals surface area (Å²) in [6.45, 7) is 19.9. The highest BCUT2D eigenvalue weighted by Crippen LogP contribution is 2.24. The first kappa shape index (κ1) is 18.8. The monoisotopic (exact) mass is 298 g/mol. The molecule has 0 aliphatic carbocycles. The molecule has 116 valence electrons. The molecule has 0 aromatic heterocycles. The Labute approximate surface area is 125 Å². The molecule has 0 rings (SSSR count). The van der Waals surface area contributed by atoms with E-state index in [-0.39, 0.29) is 0 Å². The predicted octanol–water partition coefficient (Wildman–Crippen LogP) is 5.55. The van der Waals surface area contributed by atoms with Crippen molar-refractivity contribution in [3.05, 3.63) is 34.0 Å². The largest absolute Gasteiger partial charge is 0.695 e. The average molecular weight is 298 g/mol. The standard InChI is InChI=1S/C16H30O3Si/c1-11(2)14(7)17-20(10,18-15(8)12(3)4)19-16(9)13(5)6/h1-10H3. The second kappa shape index (κ2) is 7.57. The summed E-state index contributed by atoms with van der Waals surface area (Å²) in [5.74, 6) is 2.59. The minimum absolute atomic E-state index is 0.863. The minimum atomic E-state index is -2.80. The third kappa shape index (κ3) is 6.33. The molecule has 0 saturated heterocycles. The summed E-state index contributed by atoms with van der Waals surface area (Å²) in [7, 11) is -2.80. The Morgan fingerprint density at radius 3 is 0.850 bits per heavy atom. The molecule has 0 N–H and O–H groups in total. The molecule has 0 aromatic rings. The molecule has 0 unspecified atom stereocenters. The Morgan fingerprint density at radius 1 is 0.500 bits per heavy atom. The van der Waals surface area contributed by atoms with Crippen LogP contribution < -0.4 is 0 Å². The van der Waals surface area contributed by atoms with Crippen LogP contribution in [0.2, 0.25) is 6.55 Å². The lowest BCUT2D eigenvalue weighted by molar-refractivity contribution is 0.147. The first-order chi connectivity index (χ1) is 8.98. The van der Waals surface area contributed by atoms with E-state index in [0.717, 1.165) is 34.0 Å². The third-order valence-corrected chi connectivity index (χ3v) is 5.16. The molecule has 0 aliphatic rings. The van der Waals surface area contributed by atoms with E-state index in [4.69, 9.17) is 13.3 Å². The van der Waals surface area contributed by atoms with Gasteiger partial charge in [0.2, 0.25) is 0 Å². The van der Waals surface area contributed by atoms with Gasteiger partial charge in [-0.3, -0.25) is 0 Å². The molecule has 0 aliphatic heterocycles. The van der Waals surface area contributed by atoms with E-state index in [1.807, 2.05) is 68.9 Å². The van der Waals surface area contributed by atoms with Crippen molar-refractivity contribution < 1.29 is 13.3 Å². The zero-order chi connectivity index (χ0) is 16.1. The highest BCUT2D eigenvalue weighted by Gasteiger charge is 2.43. The van der Waals surface area contributed by atoms with Crippen molar-refractivity contribution in [1.82, 2.24) is 0 Å². The van der Waals surface area contributed by atoms with E-state index in [1.54, 1.807) is 0 Å². The fraction of sp³-hybridized carbons (Fsp3) is 0.625. The van der Waals surface area contributed by atoms with Gasteiger partial charge in [-0.1, -0.05) is 0 Å². The van der Waals surface area contributed by atoms with Crippen molar-refractivity contribution in [2.24, 2.45) is 0 Å². The van der Waals surface area contributed by atoms with E-state index >= 15 is 0 Å². The van der Waals surface area contributed by atoms with Gasteiger partial charge in [-0.05, 0) is 79.0 Å². The molecule has 0 saturated carbocycles. The van der Waals surface area contributed by atoms with Gasteiger partial charge in [-0.25, -0.2) is 0 Å². The number of allylic oxidation sites excluding steroid dienone is 6. The van der Waals surface area contributed by atoms with Crippen LogP contribution in [0.15, 0.2) is 34.0 Å². The Kier molecular flexibility index (Phi) is 7.13. The van der Waals surface area contributed by atoms with Crippen molar-refractivity contribution >= 4 is 8.80 Å². The lowest BCUT2D eigenvalue weighted by Gasteiger charge is -2.29. The maximum Gasteiger partial charge on any atom is 0.695 e. The molecule has 4 heteroatoms. The maximum absolute atomic E-state index is 6.05. The molecule has 0 spiro atoms. The van der Waals surface area contributed by atoms with Crippen LogP contribution >= 0.6 is 0 Å². The smallest absolute Gasteiger partial charge is 0.488 e. The second-order valence-electron chi connectivity index (χ2n) is 5.84. The quantitative estimate of drug-likeness (QED) is 0.475. The average Bonchev–Trinajstić information content (AvgIpc) is 2.27. The highest BCUT2D eigenvalue weighted by molar-refractivity contribution is 6.60. The summed E-state index contributed by atoms with van der Waals surface area (Å²) >= 11 is 0. The second-order valence-corrected chi connectivity index (χ2v) is 8.17. The van der Waals surface area contributed by atoms with E-state index in [1.165, 1.54) is 0 Å². The van der Waals surface area contributed by atoms with Gasteiger partial charge in [-0.15, -0.1) is 0 Å². The third-order valence-electron chi connectivity index (χ3n) is 3.13. The van der Waals surface area contributed by atoms with Crippen molar-refractivity contribution in [1.29, 1.82) is 0 Å². The fourth-order valence-corrected chi connectivity index (χ4v) is 3.61. The van der Waals surface area contributed by atoms with Crippen LogP contribution in [0.1, 0.15) is 62.3 Å². The number of hydrogen-bond donors (Lipinski definition) is 0. The van der Waals surface area contributed by atoms with Crippen LogP contribution in [0, 0.1) is 0 Å². The SMILES string of the molecule is CC(C)=C(C)O[Si](C)(OC(C)=C(C)C)OC(C)=C(C)C. The zero-order valence-electron chi connectivity index (χ0n) is 14.7. The van der Waals surface area contributed by atoms with Gasteiger partial charge in [0.15, 0.2) is 0 Å². The summed E-state index contributed by atoms with van der Waals surface area (Å²) in [5, 5.41) is 0. The minimum Gasteiger partial charge on any atom is -0.488 e. The number of hydrogen-bond acceptors (Lipinski definition) is 3. The Morgan fingerprint density at radius 2 is 0.700 bits per heavy atom. The first-order valence-electron chi connectivity index (χ1n) is 6.97. The molecular formula is C16H30O3Si. The first-order valence-corrected chi connectivity index (χ1v) is 9.20. The topological polar surface area (TPSA) is 27.7 Å². The van der Waals surface area contributed by atoms with Crippen LogP contribution in [0.3, 0.4) is 0 Å². The Hall–Kier alpha value is -1.16. The van der Waals surface area contributed by atoms with Crippen molar-refractivity contribution in [3.8, 4) is 0 Å². The van der Waals surface area contributed by atoms with Crippen molar-refractivity contribution in [2.75, 3.05) is 0 Å². The molecule has 0 aromatic carbocycles. The van der Waals surface area contributed by atoms with Gasteiger partial charge in [0.1, 0.15) is 0 Å². The fourth-order valence-electron chi connectivity index (χ4n) is 1.20. The van der Waals surface area contributed by atoms with Gasteiger partial charge in [-0.2, -0.15) is 0 Å². The molecule has 0 fully saturated rings. The lowest BCUT2D eigenvalue weighted by atomic mass is 10.3. The molecule has 0 atom stereocenters. The maximum atomic E-state index is 6.05. The zero-order valence-corrected chi connectivity index (χ0v) is 15.7. The van der Waals surface area contributed by atoms with Crippen LogP contribution in [-0.2, 0) is 13.3 Å². The van der Waals surface area contributed by atoms with Gasteiger partial charge in [0, 0.05) is 6.55 Å². The highest BCUT2D eigenvalue weighted by atomic mass is 28.4. The Bertz CT molecular complexity index is 368. The Balaban J connectivity index is 5.40. The molecule has 0 radical (unpaired) electrons. The summed E-state index contributed by atoms with van der Waals surface area (Å²) in [5.41, 5.74) is 3.38. The lowest BCUT2D eigenvalue weighted by Crippen LogP contribution is -2.41. The summed E-state index contributed by atoms with van der Waals surface area (Å²) in [4.78, 5) is 0. The van der Waals surface area contributed by atoms with Gasteiger partial charge >= 0.3 is 8.80 Å². The molecule has 0 heterocycles. The molecule has 0 amide bonds. The predicted molar refractivity (Wildman–Crippen MR) is 87.0 cm³/mol. The van der Waals surface area contributed by atoms with Crippen LogP contribution in [0.25, 0.3) is 0 Å². The van der Waals surface area contributed by atoms with Gasteiger partial charge in [0.05, 0.1) is 17.3 Å². The summed E-state index contributed by atoms with van der Waals surface area (Å²) in [6.07, 6.45) is 0. The normalized spacial score (nSPS) is 10.5. The molecular weight excluding hydrogens is 268 g/mol. The van der Waals surface area contributed by atoms with E-state index in [2.05, 4.69) is 0 Å². The number of rotatable bonds is 6. The van der Waals surface area contributed by atoms with E-state index in [9.17, 15) is 0 Å². The van der Waals surface area contributed by atoms with Crippen molar-refractivity contribution in [2.45, 2.75) is 68.9 Å². The molecule has 3 nitrogen and oxygen atoms in total. The van der Waals surface area contributed by atoms with Crippen LogP contribution in [-0.4, -0.2) is 8.80 Å². The molecule has 0 bridgehead atoms. The van der Waals surface area contributed by atoms with Gasteiger partial charge in [0.25, 0.3) is 0 Å². The van der Waals surface area contributed by atoms with Crippen LogP contribution in [0.5, 0.6) is 0 Å². The van der Waals surface area contributed by atoms with E-state index in [0.29, 0.717) is 0 Å².